The molecule has 0 aliphatic heterocycles. The number of rotatable bonds is 4. The van der Waals surface area contributed by atoms with Crippen molar-refractivity contribution in [3.63, 3.8) is 0 Å². The Kier molecular flexibility index (Phi) is 4.65. The minimum Gasteiger partial charge on any atom is -0.366 e. The van der Waals surface area contributed by atoms with E-state index in [0.717, 1.165) is 28.4 Å². The van der Waals surface area contributed by atoms with Crippen LogP contribution in [0.5, 0.6) is 0 Å². The average Bonchev–Trinajstić information content (AvgIpc) is 2.91. The van der Waals surface area contributed by atoms with Gasteiger partial charge in [-0.15, -0.1) is 11.3 Å². The van der Waals surface area contributed by atoms with E-state index >= 15 is 0 Å². The summed E-state index contributed by atoms with van der Waals surface area (Å²) in [6.45, 7) is 4.45. The summed E-state index contributed by atoms with van der Waals surface area (Å²) < 4.78 is 0. The summed E-state index contributed by atoms with van der Waals surface area (Å²) in [4.78, 5) is 11.2. The Morgan fingerprint density at radius 3 is 2.86 bits per heavy atom. The van der Waals surface area contributed by atoms with Gasteiger partial charge in [-0.25, -0.2) is 9.97 Å². The molecule has 0 aromatic carbocycles. The van der Waals surface area contributed by atoms with Crippen molar-refractivity contribution in [2.24, 2.45) is 5.92 Å². The summed E-state index contributed by atoms with van der Waals surface area (Å²) in [6, 6.07) is 2.73. The fraction of sp³-hybridized carbons (Fsp3) is 0.625. The second-order valence-corrected chi connectivity index (χ2v) is 7.28. The van der Waals surface area contributed by atoms with Crippen molar-refractivity contribution in [1.82, 2.24) is 9.97 Å². The highest BCUT2D eigenvalue weighted by molar-refractivity contribution is 7.18. The maximum atomic E-state index is 6.11. The number of halogens is 1. The molecular formula is C16H22ClN3S. The van der Waals surface area contributed by atoms with Gasteiger partial charge >= 0.3 is 0 Å². The van der Waals surface area contributed by atoms with E-state index in [1.54, 1.807) is 11.3 Å². The minimum absolute atomic E-state index is 0.346. The van der Waals surface area contributed by atoms with Crippen LogP contribution in [0.1, 0.15) is 50.8 Å². The number of nitrogens with one attached hydrogen (secondary N) is 1. The Morgan fingerprint density at radius 2 is 2.10 bits per heavy atom. The molecule has 2 aromatic rings. The minimum atomic E-state index is 0.346. The number of thiophene rings is 1. The van der Waals surface area contributed by atoms with E-state index in [1.807, 2.05) is 0 Å². The van der Waals surface area contributed by atoms with Gasteiger partial charge in [-0.2, -0.15) is 0 Å². The fourth-order valence-electron chi connectivity index (χ4n) is 3.29. The molecule has 3 nitrogen and oxygen atoms in total. The van der Waals surface area contributed by atoms with Crippen molar-refractivity contribution in [3.8, 4) is 0 Å². The van der Waals surface area contributed by atoms with E-state index in [9.17, 15) is 0 Å². The summed E-state index contributed by atoms with van der Waals surface area (Å²) in [7, 11) is 0. The fourth-order valence-corrected chi connectivity index (χ4v) is 4.48. The normalized spacial score (nSPS) is 22.6. The van der Waals surface area contributed by atoms with Crippen LogP contribution in [-0.4, -0.2) is 16.0 Å². The Balaban J connectivity index is 1.93. The number of anilines is 1. The maximum Gasteiger partial charge on any atom is 0.225 e. The molecule has 1 N–H and O–H groups in total. The van der Waals surface area contributed by atoms with Crippen molar-refractivity contribution in [2.45, 2.75) is 58.4 Å². The van der Waals surface area contributed by atoms with E-state index in [0.29, 0.717) is 11.3 Å². The monoisotopic (exact) mass is 323 g/mol. The molecule has 114 valence electrons. The lowest BCUT2D eigenvalue weighted by atomic mass is 9.83. The lowest BCUT2D eigenvalue weighted by Crippen LogP contribution is -2.32. The van der Waals surface area contributed by atoms with Crippen molar-refractivity contribution < 1.29 is 0 Å². The Labute approximate surface area is 135 Å². The molecule has 2 heterocycles. The zero-order valence-electron chi connectivity index (χ0n) is 12.7. The smallest absolute Gasteiger partial charge is 0.225 e. The number of aromatic nitrogens is 2. The first-order valence-electron chi connectivity index (χ1n) is 7.93. The summed E-state index contributed by atoms with van der Waals surface area (Å²) in [5.74, 6) is 1.66. The van der Waals surface area contributed by atoms with E-state index in [-0.39, 0.29) is 0 Å². The van der Waals surface area contributed by atoms with Gasteiger partial charge in [0.25, 0.3) is 0 Å². The lowest BCUT2D eigenvalue weighted by Gasteiger charge is -2.32. The average molecular weight is 324 g/mol. The Hall–Kier alpha value is -0.870. The third kappa shape index (κ3) is 3.16. The summed E-state index contributed by atoms with van der Waals surface area (Å²) >= 11 is 7.83. The van der Waals surface area contributed by atoms with Gasteiger partial charge in [0.15, 0.2) is 0 Å². The number of aryl methyl sites for hydroxylation is 1. The highest BCUT2D eigenvalue weighted by Crippen LogP contribution is 2.34. The van der Waals surface area contributed by atoms with Gasteiger partial charge in [-0.1, -0.05) is 33.1 Å². The van der Waals surface area contributed by atoms with Gasteiger partial charge in [0.05, 0.1) is 5.39 Å². The van der Waals surface area contributed by atoms with Crippen LogP contribution in [0, 0.1) is 5.92 Å². The second-order valence-electron chi connectivity index (χ2n) is 5.83. The first kappa shape index (κ1) is 15.0. The number of hydrogen-bond donors (Lipinski definition) is 1. The molecule has 0 spiro atoms. The molecule has 1 fully saturated rings. The summed E-state index contributed by atoms with van der Waals surface area (Å²) in [6.07, 6.45) is 7.46. The van der Waals surface area contributed by atoms with Crippen molar-refractivity contribution in [1.29, 1.82) is 0 Å². The molecule has 1 aliphatic rings. The lowest BCUT2D eigenvalue weighted by molar-refractivity contribution is 0.317. The molecule has 21 heavy (non-hydrogen) atoms. The van der Waals surface area contributed by atoms with Crippen molar-refractivity contribution in [2.75, 3.05) is 5.32 Å². The highest BCUT2D eigenvalue weighted by Gasteiger charge is 2.24. The van der Waals surface area contributed by atoms with Gasteiger partial charge in [0.2, 0.25) is 5.28 Å². The standard InChI is InChI=1S/C16H22ClN3S/c1-3-10-7-5-6-8-13(10)18-14-12-9-11(4-2)21-15(12)20-16(17)19-14/h9-10,13H,3-8H2,1-2H3,(H,18,19,20). The molecular weight excluding hydrogens is 302 g/mol. The van der Waals surface area contributed by atoms with Crippen molar-refractivity contribution in [3.05, 3.63) is 16.2 Å². The highest BCUT2D eigenvalue weighted by atomic mass is 35.5. The predicted molar refractivity (Wildman–Crippen MR) is 91.5 cm³/mol. The van der Waals surface area contributed by atoms with E-state index in [4.69, 9.17) is 11.6 Å². The van der Waals surface area contributed by atoms with Gasteiger partial charge in [0.1, 0.15) is 10.6 Å². The molecule has 5 heteroatoms. The zero-order valence-corrected chi connectivity index (χ0v) is 14.2. The van der Waals surface area contributed by atoms with Gasteiger partial charge < -0.3 is 5.32 Å². The predicted octanol–water partition coefficient (Wildman–Crippen LogP) is 5.29. The quantitative estimate of drug-likeness (QED) is 0.777. The first-order chi connectivity index (χ1) is 10.2. The Morgan fingerprint density at radius 1 is 1.29 bits per heavy atom. The van der Waals surface area contributed by atoms with E-state index in [2.05, 4.69) is 35.2 Å². The largest absolute Gasteiger partial charge is 0.366 e. The van der Waals surface area contributed by atoms with E-state index in [1.165, 1.54) is 37.0 Å². The molecule has 2 atom stereocenters. The van der Waals surface area contributed by atoms with Crippen molar-refractivity contribution >= 4 is 39.0 Å². The van der Waals surface area contributed by atoms with Crippen LogP contribution in [-0.2, 0) is 6.42 Å². The third-order valence-electron chi connectivity index (χ3n) is 4.52. The maximum absolute atomic E-state index is 6.11. The molecule has 0 radical (unpaired) electrons. The third-order valence-corrected chi connectivity index (χ3v) is 5.86. The van der Waals surface area contributed by atoms with Gasteiger partial charge in [-0.05, 0) is 42.8 Å². The molecule has 3 rings (SSSR count). The molecule has 0 saturated heterocycles. The number of hydrogen-bond acceptors (Lipinski definition) is 4. The van der Waals surface area contributed by atoms with Gasteiger partial charge in [-0.3, -0.25) is 0 Å². The molecule has 1 saturated carbocycles. The summed E-state index contributed by atoms with van der Waals surface area (Å²) in [5, 5.41) is 5.15. The molecule has 0 amide bonds. The van der Waals surface area contributed by atoms with E-state index < -0.39 is 0 Å². The summed E-state index contributed by atoms with van der Waals surface area (Å²) in [5.41, 5.74) is 0. The first-order valence-corrected chi connectivity index (χ1v) is 9.13. The molecule has 2 unspecified atom stereocenters. The van der Waals surface area contributed by atoms with Crippen LogP contribution < -0.4 is 5.32 Å². The van der Waals surface area contributed by atoms with Crippen LogP contribution in [0.4, 0.5) is 5.82 Å². The van der Waals surface area contributed by atoms with Crippen LogP contribution in [0.3, 0.4) is 0 Å². The number of fused-ring (bicyclic) bond motifs is 1. The van der Waals surface area contributed by atoms with Crippen LogP contribution >= 0.6 is 22.9 Å². The van der Waals surface area contributed by atoms with Crippen LogP contribution in [0.25, 0.3) is 10.2 Å². The zero-order chi connectivity index (χ0) is 14.8. The topological polar surface area (TPSA) is 37.8 Å². The number of nitrogens with zero attached hydrogens (tertiary/aromatic N) is 2. The second kappa shape index (κ2) is 6.49. The molecule has 0 bridgehead atoms. The van der Waals surface area contributed by atoms with Gasteiger partial charge in [0, 0.05) is 10.9 Å². The van der Waals surface area contributed by atoms with Crippen LogP contribution in [0.2, 0.25) is 5.28 Å². The molecule has 1 aliphatic carbocycles. The SMILES string of the molecule is CCc1cc2c(NC3CCCCC3CC)nc(Cl)nc2s1. The Bertz CT molecular complexity index is 625. The van der Waals surface area contributed by atoms with Crippen LogP contribution in [0.15, 0.2) is 6.07 Å². The molecule has 2 aromatic heterocycles.